The standard InChI is InChI=1S/C39H26N6O/c1-2-7-25(8-3-1)34-24-28-13-14-33-35(36(28)46-34)31-11-4-5-12-32(31)45(33)30-10-6-9-29(23-30)39-43-37(26-15-19-40-20-16-26)42-38(44-39)27-17-21-41-22-18-27/h1-21,23-24,41H,22H2. The van der Waals surface area contributed by atoms with Gasteiger partial charge in [0.2, 0.25) is 0 Å². The SMILES string of the molecule is C1=CC(c2nc(-c3ccncc3)nc(-c3cccc(-n4c5ccccc5c5c6oc(-c7ccccc7)cc6ccc54)c3)n2)=CCN1. The number of furan rings is 1. The number of fused-ring (bicyclic) bond motifs is 5. The number of aromatic nitrogens is 5. The third-order valence-electron chi connectivity index (χ3n) is 8.39. The summed E-state index contributed by atoms with van der Waals surface area (Å²) in [4.78, 5) is 18.9. The third kappa shape index (κ3) is 4.37. The molecule has 218 valence electrons. The molecule has 1 aliphatic rings. The Morgan fingerprint density at radius 3 is 2.28 bits per heavy atom. The van der Waals surface area contributed by atoms with Crippen LogP contribution in [0.3, 0.4) is 0 Å². The van der Waals surface area contributed by atoms with Crippen LogP contribution < -0.4 is 5.32 Å². The molecule has 0 atom stereocenters. The van der Waals surface area contributed by atoms with Crippen LogP contribution in [0.25, 0.3) is 78.1 Å². The van der Waals surface area contributed by atoms with Gasteiger partial charge in [-0.05, 0) is 60.8 Å². The molecule has 9 rings (SSSR count). The van der Waals surface area contributed by atoms with E-state index in [1.165, 1.54) is 0 Å². The summed E-state index contributed by atoms with van der Waals surface area (Å²) in [6, 6.07) is 37.4. The largest absolute Gasteiger partial charge is 0.455 e. The van der Waals surface area contributed by atoms with Crippen LogP contribution in [0, 0.1) is 0 Å². The molecule has 46 heavy (non-hydrogen) atoms. The van der Waals surface area contributed by atoms with Crippen molar-refractivity contribution in [1.29, 1.82) is 0 Å². The number of allylic oxidation sites excluding steroid dienone is 2. The summed E-state index contributed by atoms with van der Waals surface area (Å²) in [5, 5.41) is 6.50. The number of nitrogens with one attached hydrogen (secondary N) is 1. The quantitative estimate of drug-likeness (QED) is 0.215. The van der Waals surface area contributed by atoms with Gasteiger partial charge in [-0.25, -0.2) is 15.0 Å². The second-order valence-corrected chi connectivity index (χ2v) is 11.2. The Balaban J connectivity index is 1.23. The number of hydrogen-bond acceptors (Lipinski definition) is 6. The zero-order valence-corrected chi connectivity index (χ0v) is 24.6. The molecule has 8 aromatic rings. The van der Waals surface area contributed by atoms with Crippen LogP contribution in [0.1, 0.15) is 5.82 Å². The molecule has 1 aliphatic heterocycles. The minimum Gasteiger partial charge on any atom is -0.455 e. The van der Waals surface area contributed by atoms with Crippen LogP contribution in [0.4, 0.5) is 0 Å². The first-order chi connectivity index (χ1) is 22.8. The monoisotopic (exact) mass is 594 g/mol. The van der Waals surface area contributed by atoms with Crippen LogP contribution in [0.15, 0.2) is 144 Å². The molecular weight excluding hydrogens is 568 g/mol. The molecule has 0 unspecified atom stereocenters. The highest BCUT2D eigenvalue weighted by Gasteiger charge is 2.19. The lowest BCUT2D eigenvalue weighted by molar-refractivity contribution is 0.635. The van der Waals surface area contributed by atoms with E-state index in [1.807, 2.05) is 42.6 Å². The van der Waals surface area contributed by atoms with Crippen LogP contribution in [-0.4, -0.2) is 31.0 Å². The van der Waals surface area contributed by atoms with E-state index in [0.29, 0.717) is 17.5 Å². The van der Waals surface area contributed by atoms with Crippen molar-refractivity contribution in [2.45, 2.75) is 0 Å². The molecular formula is C39H26N6O. The van der Waals surface area contributed by atoms with E-state index in [-0.39, 0.29) is 0 Å². The van der Waals surface area contributed by atoms with Gasteiger partial charge in [0, 0.05) is 57.7 Å². The fourth-order valence-electron chi connectivity index (χ4n) is 6.24. The summed E-state index contributed by atoms with van der Waals surface area (Å²) in [7, 11) is 0. The van der Waals surface area contributed by atoms with Crippen molar-refractivity contribution in [1.82, 2.24) is 29.8 Å². The molecule has 0 saturated heterocycles. The van der Waals surface area contributed by atoms with Gasteiger partial charge in [-0.15, -0.1) is 0 Å². The molecule has 5 heterocycles. The lowest BCUT2D eigenvalue weighted by Gasteiger charge is -2.12. The van der Waals surface area contributed by atoms with Crippen molar-refractivity contribution < 1.29 is 4.42 Å². The number of rotatable bonds is 5. The van der Waals surface area contributed by atoms with E-state index < -0.39 is 0 Å². The van der Waals surface area contributed by atoms with E-state index in [2.05, 4.69) is 99.8 Å². The molecule has 0 saturated carbocycles. The highest BCUT2D eigenvalue weighted by molar-refractivity contribution is 6.20. The Labute approximate surface area is 264 Å². The van der Waals surface area contributed by atoms with E-state index >= 15 is 0 Å². The van der Waals surface area contributed by atoms with E-state index in [4.69, 9.17) is 19.4 Å². The van der Waals surface area contributed by atoms with Crippen LogP contribution in [0.2, 0.25) is 0 Å². The summed E-state index contributed by atoms with van der Waals surface area (Å²) >= 11 is 0. The molecule has 7 nitrogen and oxygen atoms in total. The van der Waals surface area contributed by atoms with Crippen molar-refractivity contribution in [3.05, 3.63) is 146 Å². The summed E-state index contributed by atoms with van der Waals surface area (Å²) in [5.41, 5.74) is 7.84. The molecule has 0 amide bonds. The number of benzene rings is 4. The first-order valence-corrected chi connectivity index (χ1v) is 15.2. The van der Waals surface area contributed by atoms with Crippen LogP contribution >= 0.6 is 0 Å². The maximum atomic E-state index is 6.58. The lowest BCUT2D eigenvalue weighted by Crippen LogP contribution is -2.10. The molecule has 0 bridgehead atoms. The first kappa shape index (κ1) is 26.1. The van der Waals surface area contributed by atoms with Crippen molar-refractivity contribution in [3.63, 3.8) is 0 Å². The smallest absolute Gasteiger partial charge is 0.164 e. The Morgan fingerprint density at radius 2 is 1.43 bits per heavy atom. The van der Waals surface area contributed by atoms with E-state index in [1.54, 1.807) is 12.4 Å². The minimum absolute atomic E-state index is 0.604. The molecule has 0 fully saturated rings. The van der Waals surface area contributed by atoms with Crippen molar-refractivity contribution >= 4 is 38.3 Å². The Morgan fingerprint density at radius 1 is 0.652 bits per heavy atom. The zero-order valence-electron chi connectivity index (χ0n) is 24.6. The normalized spacial score (nSPS) is 12.9. The van der Waals surface area contributed by atoms with Gasteiger partial charge in [0.1, 0.15) is 11.3 Å². The van der Waals surface area contributed by atoms with Gasteiger partial charge in [-0.2, -0.15) is 0 Å². The number of hydrogen-bond donors (Lipinski definition) is 1. The van der Waals surface area contributed by atoms with Gasteiger partial charge in [-0.3, -0.25) is 4.98 Å². The predicted octanol–water partition coefficient (Wildman–Crippen LogP) is 8.61. The first-order valence-electron chi connectivity index (χ1n) is 15.2. The number of dihydropyridines is 1. The molecule has 0 spiro atoms. The molecule has 4 aromatic carbocycles. The predicted molar refractivity (Wildman–Crippen MR) is 183 cm³/mol. The molecule has 4 aromatic heterocycles. The summed E-state index contributed by atoms with van der Waals surface area (Å²) in [6.07, 6.45) is 9.51. The maximum absolute atomic E-state index is 6.58. The topological polar surface area (TPSA) is 81.7 Å². The summed E-state index contributed by atoms with van der Waals surface area (Å²) < 4.78 is 8.88. The van der Waals surface area contributed by atoms with E-state index in [0.717, 1.165) is 73.0 Å². The molecule has 1 N–H and O–H groups in total. The van der Waals surface area contributed by atoms with Crippen LogP contribution in [0.5, 0.6) is 0 Å². The summed E-state index contributed by atoms with van der Waals surface area (Å²) in [6.45, 7) is 0.719. The van der Waals surface area contributed by atoms with Gasteiger partial charge in [-0.1, -0.05) is 66.7 Å². The molecule has 0 aliphatic carbocycles. The van der Waals surface area contributed by atoms with E-state index in [9.17, 15) is 0 Å². The Hall–Kier alpha value is -6.34. The van der Waals surface area contributed by atoms with Gasteiger partial charge in [0.05, 0.1) is 16.4 Å². The number of pyridine rings is 1. The fraction of sp³-hybridized carbons (Fsp3) is 0.0256. The van der Waals surface area contributed by atoms with Gasteiger partial charge < -0.3 is 14.3 Å². The van der Waals surface area contributed by atoms with Crippen molar-refractivity contribution in [2.75, 3.05) is 6.54 Å². The average molecular weight is 595 g/mol. The van der Waals surface area contributed by atoms with Gasteiger partial charge in [0.25, 0.3) is 0 Å². The van der Waals surface area contributed by atoms with Gasteiger partial charge >= 0.3 is 0 Å². The van der Waals surface area contributed by atoms with Crippen molar-refractivity contribution in [3.8, 4) is 39.8 Å². The summed E-state index contributed by atoms with van der Waals surface area (Å²) in [5.74, 6) is 2.70. The second kappa shape index (κ2) is 10.7. The second-order valence-electron chi connectivity index (χ2n) is 11.2. The lowest BCUT2D eigenvalue weighted by atomic mass is 10.1. The average Bonchev–Trinajstić information content (AvgIpc) is 3.72. The number of para-hydroxylation sites is 1. The molecule has 7 heteroatoms. The highest BCUT2D eigenvalue weighted by atomic mass is 16.3. The zero-order chi connectivity index (χ0) is 30.5. The minimum atomic E-state index is 0.604. The van der Waals surface area contributed by atoms with Gasteiger partial charge in [0.15, 0.2) is 17.5 Å². The Bertz CT molecular complexity index is 2470. The maximum Gasteiger partial charge on any atom is 0.164 e. The fourth-order valence-corrected chi connectivity index (χ4v) is 6.24. The van der Waals surface area contributed by atoms with Crippen LogP contribution in [-0.2, 0) is 0 Å². The highest BCUT2D eigenvalue weighted by Crippen LogP contribution is 2.40. The number of nitrogens with zero attached hydrogens (tertiary/aromatic N) is 5. The van der Waals surface area contributed by atoms with Crippen molar-refractivity contribution in [2.24, 2.45) is 0 Å². The third-order valence-corrected chi connectivity index (χ3v) is 8.39. The molecule has 0 radical (unpaired) electrons. The Kier molecular flexibility index (Phi) is 6.06.